The van der Waals surface area contributed by atoms with E-state index < -0.39 is 0 Å². The van der Waals surface area contributed by atoms with Gasteiger partial charge in [0.05, 0.1) is 0 Å². The fourth-order valence-corrected chi connectivity index (χ4v) is 1.36. The number of rotatable bonds is 7. The van der Waals surface area contributed by atoms with E-state index in [0.29, 0.717) is 12.8 Å². The van der Waals surface area contributed by atoms with Crippen molar-refractivity contribution in [2.24, 2.45) is 0 Å². The van der Waals surface area contributed by atoms with Crippen LogP contribution in [0.15, 0.2) is 43.0 Å². The maximum Gasteiger partial charge on any atom is 0.306 e. The Hall–Kier alpha value is -2.10. The van der Waals surface area contributed by atoms with E-state index in [1.807, 2.05) is 30.3 Å². The van der Waals surface area contributed by atoms with Crippen molar-refractivity contribution in [2.45, 2.75) is 19.3 Å². The van der Waals surface area contributed by atoms with Gasteiger partial charge in [0.1, 0.15) is 6.61 Å². The van der Waals surface area contributed by atoms with Crippen molar-refractivity contribution < 1.29 is 14.3 Å². The molecule has 0 aliphatic heterocycles. The average Bonchev–Trinajstić information content (AvgIpc) is 2.37. The zero-order chi connectivity index (χ0) is 13.2. The predicted octanol–water partition coefficient (Wildman–Crippen LogP) is 2.52. The molecule has 1 aromatic carbocycles. The molecule has 1 amide bonds. The van der Waals surface area contributed by atoms with Crippen LogP contribution in [0, 0.1) is 0 Å². The van der Waals surface area contributed by atoms with Crippen LogP contribution >= 0.6 is 0 Å². The topological polar surface area (TPSA) is 55.4 Å². The molecule has 0 heterocycles. The van der Waals surface area contributed by atoms with Crippen molar-refractivity contribution in [3.05, 3.63) is 43.0 Å². The first-order valence-electron chi connectivity index (χ1n) is 5.84. The van der Waals surface area contributed by atoms with E-state index in [9.17, 15) is 9.59 Å². The monoisotopic (exact) mass is 247 g/mol. The van der Waals surface area contributed by atoms with Crippen molar-refractivity contribution in [3.8, 4) is 0 Å². The van der Waals surface area contributed by atoms with Gasteiger partial charge in [-0.25, -0.2) is 0 Å². The standard InChI is InChI=1S/C14H17NO3/c1-2-11-18-14(17)10-6-9-13(16)15-12-7-4-3-5-8-12/h2-5,7-8H,1,6,9-11H2,(H,15,16). The van der Waals surface area contributed by atoms with Crippen molar-refractivity contribution in [1.82, 2.24) is 0 Å². The molecule has 0 atom stereocenters. The first-order valence-corrected chi connectivity index (χ1v) is 5.84. The van der Waals surface area contributed by atoms with Crippen LogP contribution < -0.4 is 5.32 Å². The highest BCUT2D eigenvalue weighted by Crippen LogP contribution is 2.07. The van der Waals surface area contributed by atoms with Gasteiger partial charge in [-0.1, -0.05) is 30.9 Å². The van der Waals surface area contributed by atoms with Crippen LogP contribution in [0.5, 0.6) is 0 Å². The number of ether oxygens (including phenoxy) is 1. The Labute approximate surface area is 107 Å². The molecule has 0 bridgehead atoms. The third-order valence-corrected chi connectivity index (χ3v) is 2.20. The molecule has 0 saturated carbocycles. The summed E-state index contributed by atoms with van der Waals surface area (Å²) in [6.45, 7) is 3.66. The Morgan fingerprint density at radius 2 is 1.94 bits per heavy atom. The van der Waals surface area contributed by atoms with Gasteiger partial charge in [0.15, 0.2) is 0 Å². The number of benzene rings is 1. The Morgan fingerprint density at radius 1 is 1.22 bits per heavy atom. The Balaban J connectivity index is 2.18. The summed E-state index contributed by atoms with van der Waals surface area (Å²) >= 11 is 0. The largest absolute Gasteiger partial charge is 0.461 e. The van der Waals surface area contributed by atoms with Crippen LogP contribution in [0.25, 0.3) is 0 Å². The smallest absolute Gasteiger partial charge is 0.306 e. The van der Waals surface area contributed by atoms with Crippen molar-refractivity contribution in [1.29, 1.82) is 0 Å². The molecule has 0 aliphatic carbocycles. The molecule has 0 saturated heterocycles. The van der Waals surface area contributed by atoms with E-state index in [0.717, 1.165) is 5.69 Å². The van der Waals surface area contributed by atoms with Gasteiger partial charge in [-0.15, -0.1) is 0 Å². The summed E-state index contributed by atoms with van der Waals surface area (Å²) < 4.78 is 4.80. The average molecular weight is 247 g/mol. The lowest BCUT2D eigenvalue weighted by atomic mass is 10.2. The molecule has 4 heteroatoms. The van der Waals surface area contributed by atoms with Gasteiger partial charge in [-0.2, -0.15) is 0 Å². The van der Waals surface area contributed by atoms with Gasteiger partial charge >= 0.3 is 5.97 Å². The SMILES string of the molecule is C=CCOC(=O)CCCC(=O)Nc1ccccc1. The summed E-state index contributed by atoms with van der Waals surface area (Å²) in [7, 11) is 0. The second kappa shape index (κ2) is 8.06. The van der Waals surface area contributed by atoms with E-state index in [-0.39, 0.29) is 24.9 Å². The number of carbonyl (C=O) groups excluding carboxylic acids is 2. The van der Waals surface area contributed by atoms with Gasteiger partial charge in [0.2, 0.25) is 5.91 Å². The molecule has 0 unspecified atom stereocenters. The van der Waals surface area contributed by atoms with Crippen LogP contribution in [-0.4, -0.2) is 18.5 Å². The number of nitrogens with one attached hydrogen (secondary N) is 1. The minimum Gasteiger partial charge on any atom is -0.461 e. The van der Waals surface area contributed by atoms with E-state index in [1.165, 1.54) is 6.08 Å². The van der Waals surface area contributed by atoms with Crippen LogP contribution in [0.1, 0.15) is 19.3 Å². The minimum atomic E-state index is -0.303. The number of anilines is 1. The zero-order valence-electron chi connectivity index (χ0n) is 10.2. The van der Waals surface area contributed by atoms with Gasteiger partial charge < -0.3 is 10.1 Å². The third kappa shape index (κ3) is 5.84. The van der Waals surface area contributed by atoms with Crippen LogP contribution in [-0.2, 0) is 14.3 Å². The number of amides is 1. The maximum absolute atomic E-state index is 11.5. The van der Waals surface area contributed by atoms with Gasteiger partial charge in [-0.05, 0) is 18.6 Å². The predicted molar refractivity (Wildman–Crippen MR) is 70.1 cm³/mol. The quantitative estimate of drug-likeness (QED) is 0.595. The summed E-state index contributed by atoms with van der Waals surface area (Å²) in [6.07, 6.45) is 2.54. The highest BCUT2D eigenvalue weighted by Gasteiger charge is 2.05. The Morgan fingerprint density at radius 3 is 2.61 bits per heavy atom. The summed E-state index contributed by atoms with van der Waals surface area (Å²) in [5.41, 5.74) is 0.761. The summed E-state index contributed by atoms with van der Waals surface area (Å²) in [6, 6.07) is 9.21. The lowest BCUT2D eigenvalue weighted by Gasteiger charge is -2.04. The van der Waals surface area contributed by atoms with Crippen molar-refractivity contribution >= 4 is 17.6 Å². The summed E-state index contributed by atoms with van der Waals surface area (Å²) in [5.74, 6) is -0.403. The molecular formula is C14H17NO3. The van der Waals surface area contributed by atoms with Crippen LogP contribution in [0.3, 0.4) is 0 Å². The molecule has 18 heavy (non-hydrogen) atoms. The second-order valence-corrected chi connectivity index (χ2v) is 3.74. The number of hydrogen-bond acceptors (Lipinski definition) is 3. The maximum atomic E-state index is 11.5. The van der Waals surface area contributed by atoms with Gasteiger partial charge in [0.25, 0.3) is 0 Å². The molecule has 0 aromatic heterocycles. The van der Waals surface area contributed by atoms with Crippen LogP contribution in [0.2, 0.25) is 0 Å². The summed E-state index contributed by atoms with van der Waals surface area (Å²) in [5, 5.41) is 2.75. The number of carbonyl (C=O) groups is 2. The lowest BCUT2D eigenvalue weighted by molar-refractivity contribution is -0.142. The molecule has 0 fully saturated rings. The van der Waals surface area contributed by atoms with Gasteiger partial charge in [0, 0.05) is 18.5 Å². The first-order chi connectivity index (χ1) is 8.72. The third-order valence-electron chi connectivity index (χ3n) is 2.20. The first kappa shape index (κ1) is 14.0. The molecule has 0 aliphatic rings. The number of para-hydroxylation sites is 1. The Kier molecular flexibility index (Phi) is 6.25. The Bertz CT molecular complexity index is 401. The molecule has 1 aromatic rings. The van der Waals surface area contributed by atoms with E-state index >= 15 is 0 Å². The lowest BCUT2D eigenvalue weighted by Crippen LogP contribution is -2.12. The fourth-order valence-electron chi connectivity index (χ4n) is 1.36. The van der Waals surface area contributed by atoms with E-state index in [1.54, 1.807) is 0 Å². The van der Waals surface area contributed by atoms with Crippen molar-refractivity contribution in [2.75, 3.05) is 11.9 Å². The second-order valence-electron chi connectivity index (χ2n) is 3.74. The number of esters is 1. The van der Waals surface area contributed by atoms with E-state index in [4.69, 9.17) is 4.74 Å². The van der Waals surface area contributed by atoms with Crippen LogP contribution in [0.4, 0.5) is 5.69 Å². The molecule has 96 valence electrons. The molecule has 0 radical (unpaired) electrons. The zero-order valence-corrected chi connectivity index (χ0v) is 10.2. The molecule has 1 N–H and O–H groups in total. The summed E-state index contributed by atoms with van der Waals surface area (Å²) in [4.78, 5) is 22.7. The highest BCUT2D eigenvalue weighted by molar-refractivity contribution is 5.90. The fraction of sp³-hybridized carbons (Fsp3) is 0.286. The van der Waals surface area contributed by atoms with E-state index in [2.05, 4.69) is 11.9 Å². The normalized spacial score (nSPS) is 9.56. The molecule has 0 spiro atoms. The number of hydrogen-bond donors (Lipinski definition) is 1. The van der Waals surface area contributed by atoms with Crippen molar-refractivity contribution in [3.63, 3.8) is 0 Å². The highest BCUT2D eigenvalue weighted by atomic mass is 16.5. The molecule has 1 rings (SSSR count). The minimum absolute atomic E-state index is 0.0993. The van der Waals surface area contributed by atoms with Gasteiger partial charge in [-0.3, -0.25) is 9.59 Å². The molecular weight excluding hydrogens is 230 g/mol. The molecule has 4 nitrogen and oxygen atoms in total.